The van der Waals surface area contributed by atoms with Crippen LogP contribution in [-0.2, 0) is 0 Å². The van der Waals surface area contributed by atoms with Gasteiger partial charge in [0.15, 0.2) is 6.10 Å². The first-order valence-electron chi connectivity index (χ1n) is 6.26. The second-order valence-corrected chi connectivity index (χ2v) is 4.49. The fourth-order valence-corrected chi connectivity index (χ4v) is 1.90. The molecule has 0 amide bonds. The highest BCUT2D eigenvalue weighted by molar-refractivity contribution is 6.01. The van der Waals surface area contributed by atoms with E-state index in [0.29, 0.717) is 5.75 Å². The summed E-state index contributed by atoms with van der Waals surface area (Å²) in [5, 5.41) is 9.79. The third-order valence-electron chi connectivity index (χ3n) is 3.11. The smallest absolute Gasteiger partial charge is 0.339 e. The first-order chi connectivity index (χ1) is 9.96. The normalized spacial score (nSPS) is 12.8. The van der Waals surface area contributed by atoms with Gasteiger partial charge in [0.1, 0.15) is 5.75 Å². The van der Waals surface area contributed by atoms with Crippen molar-refractivity contribution in [1.82, 2.24) is 0 Å². The number of methoxy groups -OCH3 is 1. The number of aliphatic hydroxyl groups excluding tert-OH is 1. The molecule has 0 radical (unpaired) electrons. The Kier molecular flexibility index (Phi) is 4.33. The zero-order valence-corrected chi connectivity index (χ0v) is 11.3. The van der Waals surface area contributed by atoms with Crippen molar-refractivity contribution >= 4 is 5.78 Å². The van der Waals surface area contributed by atoms with Crippen LogP contribution in [0.25, 0.3) is 0 Å². The summed E-state index contributed by atoms with van der Waals surface area (Å²) in [7, 11) is 1.44. The van der Waals surface area contributed by atoms with Crippen LogP contribution in [0.15, 0.2) is 54.6 Å². The van der Waals surface area contributed by atoms with Crippen LogP contribution in [0.5, 0.6) is 5.75 Å². The lowest BCUT2D eigenvalue weighted by Gasteiger charge is -2.21. The van der Waals surface area contributed by atoms with E-state index in [2.05, 4.69) is 0 Å². The molecule has 0 aliphatic rings. The number of aliphatic hydroxyl groups is 1. The van der Waals surface area contributed by atoms with Crippen LogP contribution in [0, 0.1) is 0 Å². The summed E-state index contributed by atoms with van der Waals surface area (Å²) >= 11 is 0. The summed E-state index contributed by atoms with van der Waals surface area (Å²) in [6.45, 7) is 0. The van der Waals surface area contributed by atoms with Gasteiger partial charge in [-0.15, -0.1) is 0 Å². The molecular weight excluding hydrogens is 278 g/mol. The summed E-state index contributed by atoms with van der Waals surface area (Å²) in [5.41, 5.74) is -0.194. The number of hydrogen-bond donors (Lipinski definition) is 1. The third kappa shape index (κ3) is 3.08. The Morgan fingerprint density at radius 1 is 1.10 bits per heavy atom. The highest BCUT2D eigenvalue weighted by Crippen LogP contribution is 2.34. The van der Waals surface area contributed by atoms with Crippen molar-refractivity contribution in [2.45, 2.75) is 12.0 Å². The highest BCUT2D eigenvalue weighted by Gasteiger charge is 2.47. The van der Waals surface area contributed by atoms with Crippen molar-refractivity contribution in [3.8, 4) is 5.75 Å². The van der Waals surface area contributed by atoms with Gasteiger partial charge in [-0.05, 0) is 29.8 Å². The largest absolute Gasteiger partial charge is 0.497 e. The molecule has 0 unspecified atom stereocenters. The molecule has 0 fully saturated rings. The molecule has 0 aliphatic heterocycles. The molecular formula is C16H14F2O3. The maximum atomic E-state index is 14.1. The lowest BCUT2D eigenvalue weighted by atomic mass is 9.96. The minimum Gasteiger partial charge on any atom is -0.497 e. The molecule has 1 atom stereocenters. The first kappa shape index (κ1) is 15.1. The van der Waals surface area contributed by atoms with Gasteiger partial charge in [-0.2, -0.15) is 8.78 Å². The zero-order chi connectivity index (χ0) is 15.5. The lowest BCUT2D eigenvalue weighted by molar-refractivity contribution is -0.0792. The Hall–Kier alpha value is -2.27. The highest BCUT2D eigenvalue weighted by atomic mass is 19.3. The third-order valence-corrected chi connectivity index (χ3v) is 3.11. The molecule has 21 heavy (non-hydrogen) atoms. The van der Waals surface area contributed by atoms with Gasteiger partial charge in [0, 0.05) is 5.56 Å². The van der Waals surface area contributed by atoms with Gasteiger partial charge in [0.25, 0.3) is 0 Å². The quantitative estimate of drug-likeness (QED) is 0.860. The van der Waals surface area contributed by atoms with Gasteiger partial charge >= 0.3 is 5.92 Å². The van der Waals surface area contributed by atoms with Gasteiger partial charge < -0.3 is 9.84 Å². The van der Waals surface area contributed by atoms with Crippen LogP contribution < -0.4 is 4.74 Å². The van der Waals surface area contributed by atoms with Crippen molar-refractivity contribution in [2.24, 2.45) is 0 Å². The topological polar surface area (TPSA) is 46.5 Å². The predicted octanol–water partition coefficient (Wildman–Crippen LogP) is 3.25. The van der Waals surface area contributed by atoms with E-state index < -0.39 is 17.8 Å². The number of Topliss-reactive ketones (excluding diaryl/α,β-unsaturated/α-hetero) is 1. The molecule has 0 aliphatic carbocycles. The fraction of sp³-hybridized carbons (Fsp3) is 0.188. The molecule has 5 heteroatoms. The molecule has 0 saturated heterocycles. The fourth-order valence-electron chi connectivity index (χ4n) is 1.90. The molecule has 1 N–H and O–H groups in total. The number of carbonyl (C=O) groups excluding carboxylic acids is 1. The van der Waals surface area contributed by atoms with E-state index in [1.165, 1.54) is 55.6 Å². The van der Waals surface area contributed by atoms with Gasteiger partial charge in [0.05, 0.1) is 7.11 Å². The standard InChI is InChI=1S/C16H14F2O3/c1-21-13-9-7-12(8-10-13)15(20)16(17,18)14(19)11-5-3-2-4-6-11/h2-10,14,19H,1H3/t14-/m1/s1. The van der Waals surface area contributed by atoms with Crippen molar-refractivity contribution in [3.05, 3.63) is 65.7 Å². The maximum absolute atomic E-state index is 14.1. The molecule has 3 nitrogen and oxygen atoms in total. The zero-order valence-electron chi connectivity index (χ0n) is 11.3. The molecule has 0 aromatic heterocycles. The number of ether oxygens (including phenoxy) is 1. The molecule has 110 valence electrons. The molecule has 0 bridgehead atoms. The van der Waals surface area contributed by atoms with Gasteiger partial charge in [-0.3, -0.25) is 4.79 Å². The summed E-state index contributed by atoms with van der Waals surface area (Å²) in [5.74, 6) is -4.88. The monoisotopic (exact) mass is 292 g/mol. The van der Waals surface area contributed by atoms with Gasteiger partial charge in [-0.25, -0.2) is 0 Å². The van der Waals surface area contributed by atoms with E-state index in [0.717, 1.165) is 0 Å². The Bertz CT molecular complexity index is 609. The number of hydrogen-bond acceptors (Lipinski definition) is 3. The van der Waals surface area contributed by atoms with Crippen molar-refractivity contribution in [3.63, 3.8) is 0 Å². The van der Waals surface area contributed by atoms with Gasteiger partial charge in [0.2, 0.25) is 5.78 Å². The summed E-state index contributed by atoms with van der Waals surface area (Å²) < 4.78 is 33.2. The Morgan fingerprint density at radius 2 is 1.67 bits per heavy atom. The lowest BCUT2D eigenvalue weighted by Crippen LogP contribution is -2.35. The SMILES string of the molecule is COc1ccc(C(=O)C(F)(F)[C@H](O)c2ccccc2)cc1. The van der Waals surface area contributed by atoms with E-state index in [4.69, 9.17) is 4.74 Å². The Morgan fingerprint density at radius 3 is 2.19 bits per heavy atom. The second kappa shape index (κ2) is 6.01. The van der Waals surface area contributed by atoms with E-state index >= 15 is 0 Å². The van der Waals surface area contributed by atoms with Crippen LogP contribution in [-0.4, -0.2) is 23.9 Å². The number of carbonyl (C=O) groups is 1. The van der Waals surface area contributed by atoms with Crippen molar-refractivity contribution in [1.29, 1.82) is 0 Å². The number of halogens is 2. The molecule has 2 aromatic rings. The van der Waals surface area contributed by atoms with Crippen LogP contribution >= 0.6 is 0 Å². The van der Waals surface area contributed by atoms with E-state index in [1.54, 1.807) is 6.07 Å². The molecule has 2 aromatic carbocycles. The minimum absolute atomic E-state index is 0.00985. The maximum Gasteiger partial charge on any atom is 0.339 e. The number of benzene rings is 2. The van der Waals surface area contributed by atoms with E-state index in [-0.39, 0.29) is 11.1 Å². The first-order valence-corrected chi connectivity index (χ1v) is 6.26. The minimum atomic E-state index is -3.91. The van der Waals surface area contributed by atoms with E-state index in [9.17, 15) is 18.7 Å². The van der Waals surface area contributed by atoms with Crippen molar-refractivity contribution in [2.75, 3.05) is 7.11 Å². The summed E-state index contributed by atoms with van der Waals surface area (Å²) in [6.07, 6.45) is -2.19. The number of rotatable bonds is 5. The summed E-state index contributed by atoms with van der Waals surface area (Å²) in [4.78, 5) is 11.9. The van der Waals surface area contributed by atoms with Gasteiger partial charge in [-0.1, -0.05) is 30.3 Å². The average molecular weight is 292 g/mol. The predicted molar refractivity (Wildman–Crippen MR) is 73.7 cm³/mol. The van der Waals surface area contributed by atoms with Crippen LogP contribution in [0.4, 0.5) is 8.78 Å². The van der Waals surface area contributed by atoms with Crippen molar-refractivity contribution < 1.29 is 23.4 Å². The Labute approximate surface area is 120 Å². The average Bonchev–Trinajstić information content (AvgIpc) is 2.54. The molecule has 0 saturated carbocycles. The van der Waals surface area contributed by atoms with Crippen LogP contribution in [0.3, 0.4) is 0 Å². The Balaban J connectivity index is 2.27. The molecule has 0 spiro atoms. The molecule has 0 heterocycles. The van der Waals surface area contributed by atoms with E-state index in [1.807, 2.05) is 0 Å². The number of alkyl halides is 2. The second-order valence-electron chi connectivity index (χ2n) is 4.49. The number of ketones is 1. The summed E-state index contributed by atoms with van der Waals surface area (Å²) in [6, 6.07) is 12.7. The molecule has 2 rings (SSSR count). The van der Waals surface area contributed by atoms with Crippen LogP contribution in [0.1, 0.15) is 22.0 Å². The van der Waals surface area contributed by atoms with Crippen LogP contribution in [0.2, 0.25) is 0 Å².